The first-order valence-corrected chi connectivity index (χ1v) is 12.2. The Bertz CT molecular complexity index is 1030. The van der Waals surface area contributed by atoms with E-state index in [0.29, 0.717) is 28.8 Å². The monoisotopic (exact) mass is 487 g/mol. The molecular weight excluding hydrogens is 463 g/mol. The number of hydrogen-bond acceptors (Lipinski definition) is 5. The summed E-state index contributed by atoms with van der Waals surface area (Å²) in [4.78, 5) is 4.61. The Hall–Kier alpha value is -2.37. The van der Waals surface area contributed by atoms with Gasteiger partial charge in [-0.1, -0.05) is 12.1 Å². The summed E-state index contributed by atoms with van der Waals surface area (Å²) in [5.74, 6) is -0.288. The van der Waals surface area contributed by atoms with Crippen molar-refractivity contribution >= 4 is 32.9 Å². The maximum Gasteiger partial charge on any atom is 0.573 e. The first kappa shape index (κ1) is 24.3. The lowest BCUT2D eigenvalue weighted by atomic mass is 10.2. The van der Waals surface area contributed by atoms with Gasteiger partial charge in [0.05, 0.1) is 4.90 Å². The molecule has 2 aromatic rings. The fourth-order valence-electron chi connectivity index (χ4n) is 3.37. The highest BCUT2D eigenvalue weighted by molar-refractivity contribution is 7.90. The Morgan fingerprint density at radius 3 is 2.28 bits per heavy atom. The van der Waals surface area contributed by atoms with Gasteiger partial charge in [-0.15, -0.1) is 13.2 Å². The van der Waals surface area contributed by atoms with Crippen LogP contribution in [-0.4, -0.2) is 62.1 Å². The van der Waals surface area contributed by atoms with Crippen LogP contribution in [0.4, 0.5) is 18.9 Å². The van der Waals surface area contributed by atoms with E-state index in [1.807, 2.05) is 17.0 Å². The Morgan fingerprint density at radius 1 is 1.03 bits per heavy atom. The third-order valence-electron chi connectivity index (χ3n) is 4.97. The second kappa shape index (κ2) is 10.1. The summed E-state index contributed by atoms with van der Waals surface area (Å²) in [6.07, 6.45) is -2.65. The first-order chi connectivity index (χ1) is 15.0. The van der Waals surface area contributed by atoms with E-state index in [0.717, 1.165) is 31.6 Å². The summed E-state index contributed by atoms with van der Waals surface area (Å²) >= 11 is 5.48. The molecule has 1 fully saturated rings. The molecule has 2 aromatic carbocycles. The number of anilines is 1. The van der Waals surface area contributed by atoms with Gasteiger partial charge < -0.3 is 15.0 Å². The minimum atomic E-state index is -4.72. The van der Waals surface area contributed by atoms with Gasteiger partial charge in [-0.2, -0.15) is 0 Å². The summed E-state index contributed by atoms with van der Waals surface area (Å²) in [5, 5.41) is 3.57. The number of rotatable bonds is 5. The highest BCUT2D eigenvalue weighted by Gasteiger charge is 2.31. The van der Waals surface area contributed by atoms with E-state index in [2.05, 4.69) is 15.0 Å². The zero-order valence-corrected chi connectivity index (χ0v) is 19.1. The van der Waals surface area contributed by atoms with Crippen molar-refractivity contribution in [1.29, 1.82) is 0 Å². The fraction of sp³-hybridized carbons (Fsp3) is 0.381. The van der Waals surface area contributed by atoms with Gasteiger partial charge in [0.1, 0.15) is 5.75 Å². The maximum absolute atomic E-state index is 12.3. The third kappa shape index (κ3) is 7.35. The summed E-state index contributed by atoms with van der Waals surface area (Å²) in [6.45, 7) is 3.80. The molecule has 1 N–H and O–H groups in total. The van der Waals surface area contributed by atoms with Crippen molar-refractivity contribution in [2.24, 2.45) is 0 Å². The Morgan fingerprint density at radius 2 is 1.69 bits per heavy atom. The fourth-order valence-corrected chi connectivity index (χ4v) is 4.31. The normalized spacial score (nSPS) is 15.8. The van der Waals surface area contributed by atoms with Crippen molar-refractivity contribution in [2.45, 2.75) is 24.2 Å². The molecule has 0 atom stereocenters. The molecule has 32 heavy (non-hydrogen) atoms. The molecule has 1 heterocycles. The van der Waals surface area contributed by atoms with Gasteiger partial charge >= 0.3 is 6.36 Å². The van der Waals surface area contributed by atoms with E-state index in [1.54, 1.807) is 12.1 Å². The lowest BCUT2D eigenvalue weighted by Gasteiger charge is -2.25. The smallest absolute Gasteiger partial charge is 0.406 e. The number of thiocarbonyl (C=S) groups is 1. The van der Waals surface area contributed by atoms with Crippen LogP contribution in [0.1, 0.15) is 12.0 Å². The second-order valence-corrected chi connectivity index (χ2v) is 9.94. The minimum absolute atomic E-state index is 0.288. The van der Waals surface area contributed by atoms with Crippen LogP contribution in [0, 0.1) is 0 Å². The molecule has 0 radical (unpaired) electrons. The molecular formula is C21H24F3N3O3S2. The molecule has 0 aliphatic carbocycles. The van der Waals surface area contributed by atoms with Crippen LogP contribution >= 0.6 is 12.2 Å². The van der Waals surface area contributed by atoms with Gasteiger partial charge in [0.25, 0.3) is 0 Å². The summed E-state index contributed by atoms with van der Waals surface area (Å²) in [7, 11) is -3.21. The number of ether oxygens (including phenoxy) is 1. The van der Waals surface area contributed by atoms with Crippen LogP contribution in [-0.2, 0) is 16.4 Å². The van der Waals surface area contributed by atoms with Crippen molar-refractivity contribution in [3.8, 4) is 5.75 Å². The number of halogens is 3. The predicted octanol–water partition coefficient (Wildman–Crippen LogP) is 3.89. The topological polar surface area (TPSA) is 61.9 Å². The largest absolute Gasteiger partial charge is 0.573 e. The van der Waals surface area contributed by atoms with Crippen molar-refractivity contribution in [3.63, 3.8) is 0 Å². The van der Waals surface area contributed by atoms with Crippen molar-refractivity contribution < 1.29 is 26.3 Å². The highest BCUT2D eigenvalue weighted by Crippen LogP contribution is 2.24. The summed E-state index contributed by atoms with van der Waals surface area (Å²) in [5.41, 5.74) is 1.62. The molecule has 3 rings (SSSR count). The molecule has 0 saturated carbocycles. The molecule has 174 valence electrons. The van der Waals surface area contributed by atoms with Crippen LogP contribution < -0.4 is 10.1 Å². The molecule has 11 heteroatoms. The van der Waals surface area contributed by atoms with Crippen LogP contribution in [0.15, 0.2) is 53.4 Å². The second-order valence-electron chi connectivity index (χ2n) is 7.54. The maximum atomic E-state index is 12.3. The van der Waals surface area contributed by atoms with Crippen LogP contribution in [0.2, 0.25) is 0 Å². The van der Waals surface area contributed by atoms with E-state index in [4.69, 9.17) is 12.2 Å². The van der Waals surface area contributed by atoms with E-state index in [-0.39, 0.29) is 5.75 Å². The molecule has 0 unspecified atom stereocenters. The number of nitrogens with zero attached hydrogens (tertiary/aromatic N) is 2. The first-order valence-electron chi connectivity index (χ1n) is 9.93. The van der Waals surface area contributed by atoms with Crippen LogP contribution in [0.3, 0.4) is 0 Å². The highest BCUT2D eigenvalue weighted by atomic mass is 32.2. The Balaban J connectivity index is 1.51. The van der Waals surface area contributed by atoms with E-state index < -0.39 is 16.2 Å². The molecule has 1 saturated heterocycles. The molecule has 0 spiro atoms. The van der Waals surface area contributed by atoms with Gasteiger partial charge in [0.2, 0.25) is 0 Å². The Kier molecular flexibility index (Phi) is 7.63. The molecule has 0 bridgehead atoms. The summed E-state index contributed by atoms with van der Waals surface area (Å²) < 4.78 is 63.9. The number of sulfone groups is 1. The van der Waals surface area contributed by atoms with E-state index in [1.165, 1.54) is 30.5 Å². The lowest BCUT2D eigenvalue weighted by Crippen LogP contribution is -2.37. The van der Waals surface area contributed by atoms with Gasteiger partial charge in [0.15, 0.2) is 14.9 Å². The molecule has 0 amide bonds. The minimum Gasteiger partial charge on any atom is -0.406 e. The van der Waals surface area contributed by atoms with Crippen molar-refractivity contribution in [2.75, 3.05) is 37.8 Å². The lowest BCUT2D eigenvalue weighted by molar-refractivity contribution is -0.274. The zero-order valence-electron chi connectivity index (χ0n) is 17.4. The number of hydrogen-bond donors (Lipinski definition) is 1. The summed E-state index contributed by atoms with van der Waals surface area (Å²) in [6, 6.07) is 12.3. The Labute approximate surface area is 190 Å². The van der Waals surface area contributed by atoms with Gasteiger partial charge in [0, 0.05) is 44.7 Å². The van der Waals surface area contributed by atoms with E-state index in [9.17, 15) is 21.6 Å². The number of nitrogens with one attached hydrogen (secondary N) is 1. The average molecular weight is 488 g/mol. The quantitative estimate of drug-likeness (QED) is 0.642. The molecule has 1 aliphatic rings. The molecule has 6 nitrogen and oxygen atoms in total. The van der Waals surface area contributed by atoms with Gasteiger partial charge in [-0.25, -0.2) is 8.42 Å². The zero-order chi connectivity index (χ0) is 23.4. The van der Waals surface area contributed by atoms with Crippen molar-refractivity contribution in [3.05, 3.63) is 54.1 Å². The molecule has 0 aromatic heterocycles. The number of benzene rings is 2. The van der Waals surface area contributed by atoms with Crippen LogP contribution in [0.25, 0.3) is 0 Å². The van der Waals surface area contributed by atoms with Crippen molar-refractivity contribution in [1.82, 2.24) is 9.80 Å². The van der Waals surface area contributed by atoms with Crippen LogP contribution in [0.5, 0.6) is 5.75 Å². The van der Waals surface area contributed by atoms with E-state index >= 15 is 0 Å². The standard InChI is InChI=1S/C21H24F3N3O3S2/c1-32(28,29)19-9-3-16(4-10-19)15-26-11-2-12-27(14-13-26)20(31)25-17-5-7-18(8-6-17)30-21(22,23)24/h3-10H,2,11-15H2,1H3,(H,25,31). The molecule has 1 aliphatic heterocycles. The number of alkyl halides is 3. The third-order valence-corrected chi connectivity index (χ3v) is 6.46. The van der Waals surface area contributed by atoms with Gasteiger partial charge in [-0.3, -0.25) is 4.90 Å². The SMILES string of the molecule is CS(=O)(=O)c1ccc(CN2CCCN(C(=S)Nc3ccc(OC(F)(F)F)cc3)CC2)cc1. The predicted molar refractivity (Wildman–Crippen MR) is 120 cm³/mol. The average Bonchev–Trinajstić information content (AvgIpc) is 2.94. The van der Waals surface area contributed by atoms with Gasteiger partial charge in [-0.05, 0) is 60.6 Å².